The van der Waals surface area contributed by atoms with Crippen molar-refractivity contribution in [3.8, 4) is 0 Å². The molecule has 0 spiro atoms. The number of halogens is 2. The summed E-state index contributed by atoms with van der Waals surface area (Å²) < 4.78 is 5.30. The molecule has 2 rings (SSSR count). The molecule has 0 aromatic carbocycles. The molecule has 2 fully saturated rings. The van der Waals surface area contributed by atoms with Gasteiger partial charge in [0.1, 0.15) is 6.04 Å². The predicted molar refractivity (Wildman–Crippen MR) is 89.6 cm³/mol. The standard InChI is InChI=1S/C14H27N3O2.2ClH/c1-2-12-5-3-4-8-17(12)9-6-16-14(18)13-11-19-10-7-15-13;;/h12-13,15H,2-11H2,1H3,(H,16,18);2*1H. The smallest absolute Gasteiger partial charge is 0.239 e. The molecule has 2 aliphatic rings. The normalized spacial score (nSPS) is 26.3. The third kappa shape index (κ3) is 6.70. The molecule has 0 saturated carbocycles. The molecule has 2 atom stereocenters. The maximum atomic E-state index is 11.9. The highest BCUT2D eigenvalue weighted by molar-refractivity contribution is 5.85. The van der Waals surface area contributed by atoms with Crippen molar-refractivity contribution in [2.75, 3.05) is 39.4 Å². The van der Waals surface area contributed by atoms with Gasteiger partial charge in [-0.2, -0.15) is 0 Å². The number of hydrogen-bond acceptors (Lipinski definition) is 4. The minimum absolute atomic E-state index is 0. The number of morpholine rings is 1. The molecule has 7 heteroatoms. The molecule has 126 valence electrons. The van der Waals surface area contributed by atoms with Crippen LogP contribution in [0.4, 0.5) is 0 Å². The van der Waals surface area contributed by atoms with E-state index in [1.807, 2.05) is 0 Å². The van der Waals surface area contributed by atoms with Gasteiger partial charge in [0.05, 0.1) is 13.2 Å². The second-order valence-corrected chi connectivity index (χ2v) is 5.47. The summed E-state index contributed by atoms with van der Waals surface area (Å²) in [5, 5.41) is 6.20. The van der Waals surface area contributed by atoms with E-state index in [-0.39, 0.29) is 36.8 Å². The summed E-state index contributed by atoms with van der Waals surface area (Å²) in [7, 11) is 0. The highest BCUT2D eigenvalue weighted by atomic mass is 35.5. The van der Waals surface area contributed by atoms with Crippen LogP contribution < -0.4 is 10.6 Å². The second kappa shape index (κ2) is 11.5. The van der Waals surface area contributed by atoms with Gasteiger partial charge in [-0.25, -0.2) is 0 Å². The van der Waals surface area contributed by atoms with E-state index in [4.69, 9.17) is 4.74 Å². The van der Waals surface area contributed by atoms with E-state index >= 15 is 0 Å². The Labute approximate surface area is 140 Å². The van der Waals surface area contributed by atoms with Gasteiger partial charge in [-0.3, -0.25) is 9.69 Å². The number of carbonyl (C=O) groups is 1. The van der Waals surface area contributed by atoms with Gasteiger partial charge < -0.3 is 15.4 Å². The molecule has 21 heavy (non-hydrogen) atoms. The molecule has 5 nitrogen and oxygen atoms in total. The molecule has 0 aromatic rings. The van der Waals surface area contributed by atoms with Gasteiger partial charge in [0.15, 0.2) is 0 Å². The minimum Gasteiger partial charge on any atom is -0.378 e. The van der Waals surface area contributed by atoms with Crippen LogP contribution in [0.1, 0.15) is 32.6 Å². The Kier molecular flexibility index (Phi) is 11.5. The van der Waals surface area contributed by atoms with E-state index < -0.39 is 0 Å². The maximum absolute atomic E-state index is 11.9. The fourth-order valence-corrected chi connectivity index (χ4v) is 3.00. The zero-order valence-corrected chi connectivity index (χ0v) is 14.4. The number of ether oxygens (including phenoxy) is 1. The van der Waals surface area contributed by atoms with Crippen molar-refractivity contribution in [3.05, 3.63) is 0 Å². The van der Waals surface area contributed by atoms with Gasteiger partial charge in [0, 0.05) is 25.7 Å². The number of amides is 1. The van der Waals surface area contributed by atoms with E-state index in [1.54, 1.807) is 0 Å². The molecule has 0 radical (unpaired) electrons. The Bertz CT molecular complexity index is 289. The number of rotatable bonds is 5. The predicted octanol–water partition coefficient (Wildman–Crippen LogP) is 1.20. The van der Waals surface area contributed by atoms with Crippen molar-refractivity contribution in [1.29, 1.82) is 0 Å². The summed E-state index contributed by atoms with van der Waals surface area (Å²) in [4.78, 5) is 14.4. The summed E-state index contributed by atoms with van der Waals surface area (Å²) in [6, 6.07) is 0.541. The number of carbonyl (C=O) groups excluding carboxylic acids is 1. The maximum Gasteiger partial charge on any atom is 0.239 e. The average molecular weight is 342 g/mol. The Morgan fingerprint density at radius 2 is 2.19 bits per heavy atom. The van der Waals surface area contributed by atoms with Gasteiger partial charge in [0.25, 0.3) is 0 Å². The van der Waals surface area contributed by atoms with Crippen molar-refractivity contribution in [3.63, 3.8) is 0 Å². The number of likely N-dealkylation sites (tertiary alicyclic amines) is 1. The van der Waals surface area contributed by atoms with E-state index in [0.29, 0.717) is 19.3 Å². The molecule has 2 saturated heterocycles. The van der Waals surface area contributed by atoms with Crippen molar-refractivity contribution in [2.24, 2.45) is 0 Å². The number of piperidine rings is 1. The SMILES string of the molecule is CCC1CCCCN1CCNC(=O)C1COCCN1.Cl.Cl. The molecule has 2 unspecified atom stereocenters. The van der Waals surface area contributed by atoms with E-state index in [2.05, 4.69) is 22.5 Å². The second-order valence-electron chi connectivity index (χ2n) is 5.47. The van der Waals surface area contributed by atoms with Gasteiger partial charge in [0.2, 0.25) is 5.91 Å². The van der Waals surface area contributed by atoms with Crippen LogP contribution in [0, 0.1) is 0 Å². The van der Waals surface area contributed by atoms with Gasteiger partial charge in [-0.1, -0.05) is 13.3 Å². The third-order valence-electron chi connectivity index (χ3n) is 4.16. The summed E-state index contributed by atoms with van der Waals surface area (Å²) >= 11 is 0. The highest BCUT2D eigenvalue weighted by Gasteiger charge is 2.22. The van der Waals surface area contributed by atoms with Gasteiger partial charge in [-0.15, -0.1) is 24.8 Å². The van der Waals surface area contributed by atoms with Crippen LogP contribution in [0.5, 0.6) is 0 Å². The molecule has 1 amide bonds. The zero-order valence-electron chi connectivity index (χ0n) is 12.8. The van der Waals surface area contributed by atoms with Crippen LogP contribution in [-0.4, -0.2) is 62.3 Å². The molecular formula is C14H29Cl2N3O2. The van der Waals surface area contributed by atoms with E-state index in [0.717, 1.165) is 19.6 Å². The van der Waals surface area contributed by atoms with Crippen LogP contribution in [0.15, 0.2) is 0 Å². The average Bonchev–Trinajstić information content (AvgIpc) is 2.48. The van der Waals surface area contributed by atoms with Crippen LogP contribution in [0.3, 0.4) is 0 Å². The summed E-state index contributed by atoms with van der Waals surface area (Å²) in [6.45, 7) is 7.11. The van der Waals surface area contributed by atoms with Gasteiger partial charge in [-0.05, 0) is 25.8 Å². The van der Waals surface area contributed by atoms with Crippen LogP contribution in [0.25, 0.3) is 0 Å². The highest BCUT2D eigenvalue weighted by Crippen LogP contribution is 2.18. The lowest BCUT2D eigenvalue weighted by Crippen LogP contribution is -2.52. The van der Waals surface area contributed by atoms with Crippen LogP contribution >= 0.6 is 24.8 Å². The Hall–Kier alpha value is -0.0700. The Morgan fingerprint density at radius 3 is 2.86 bits per heavy atom. The Morgan fingerprint density at radius 1 is 1.38 bits per heavy atom. The largest absolute Gasteiger partial charge is 0.378 e. The fourth-order valence-electron chi connectivity index (χ4n) is 3.00. The molecule has 2 N–H and O–H groups in total. The third-order valence-corrected chi connectivity index (χ3v) is 4.16. The van der Waals surface area contributed by atoms with Crippen molar-refractivity contribution in [2.45, 2.75) is 44.7 Å². The molecule has 0 aromatic heterocycles. The first kappa shape index (κ1) is 20.9. The van der Waals surface area contributed by atoms with E-state index in [9.17, 15) is 4.79 Å². The topological polar surface area (TPSA) is 53.6 Å². The van der Waals surface area contributed by atoms with Crippen LogP contribution in [0.2, 0.25) is 0 Å². The first-order valence-electron chi connectivity index (χ1n) is 7.64. The van der Waals surface area contributed by atoms with Crippen molar-refractivity contribution >= 4 is 30.7 Å². The fraction of sp³-hybridized carbons (Fsp3) is 0.929. The quantitative estimate of drug-likeness (QED) is 0.788. The molecule has 2 heterocycles. The van der Waals surface area contributed by atoms with Gasteiger partial charge >= 0.3 is 0 Å². The Balaban J connectivity index is 0.00000200. The first-order chi connectivity index (χ1) is 9.31. The summed E-state index contributed by atoms with van der Waals surface area (Å²) in [5.41, 5.74) is 0. The monoisotopic (exact) mass is 341 g/mol. The lowest BCUT2D eigenvalue weighted by Gasteiger charge is -2.35. The number of nitrogens with zero attached hydrogens (tertiary/aromatic N) is 1. The van der Waals surface area contributed by atoms with Crippen molar-refractivity contribution < 1.29 is 9.53 Å². The summed E-state index contributed by atoms with van der Waals surface area (Å²) in [5.74, 6) is 0.0738. The molecule has 0 bridgehead atoms. The lowest BCUT2D eigenvalue weighted by molar-refractivity contribution is -0.126. The van der Waals surface area contributed by atoms with E-state index in [1.165, 1.54) is 32.2 Å². The number of nitrogens with one attached hydrogen (secondary N) is 2. The lowest BCUT2D eigenvalue weighted by atomic mass is 10.0. The minimum atomic E-state index is -0.169. The molecule has 0 aliphatic carbocycles. The summed E-state index contributed by atoms with van der Waals surface area (Å²) in [6.07, 6.45) is 5.17. The van der Waals surface area contributed by atoms with Crippen molar-refractivity contribution in [1.82, 2.24) is 15.5 Å². The number of hydrogen-bond donors (Lipinski definition) is 2. The molecular weight excluding hydrogens is 313 g/mol. The molecule has 2 aliphatic heterocycles. The zero-order chi connectivity index (χ0) is 13.5. The first-order valence-corrected chi connectivity index (χ1v) is 7.64. The van der Waals surface area contributed by atoms with Crippen LogP contribution in [-0.2, 0) is 9.53 Å².